The van der Waals surface area contributed by atoms with Gasteiger partial charge >= 0.3 is 0 Å². The van der Waals surface area contributed by atoms with Crippen LogP contribution in [0.3, 0.4) is 0 Å². The molecule has 3 unspecified atom stereocenters. The SMILES string of the molecule is CCN(CC)c1ccc(CN(C(=O)C2C(C=C(Cl)Cl)C2(C)C)C2CCS(=O)(=O)C2)cc1. The van der Waals surface area contributed by atoms with E-state index in [1.165, 1.54) is 0 Å². The van der Waals surface area contributed by atoms with E-state index in [0.717, 1.165) is 24.3 Å². The minimum atomic E-state index is -3.11. The quantitative estimate of drug-likeness (QED) is 0.536. The number of nitrogens with zero attached hydrogens (tertiary/aromatic N) is 2. The summed E-state index contributed by atoms with van der Waals surface area (Å²) in [6, 6.07) is 7.89. The Morgan fingerprint density at radius 1 is 1.16 bits per heavy atom. The zero-order valence-corrected chi connectivity index (χ0v) is 21.0. The Morgan fingerprint density at radius 2 is 1.77 bits per heavy atom. The van der Waals surface area contributed by atoms with Gasteiger partial charge in [-0.3, -0.25) is 4.79 Å². The molecule has 0 spiro atoms. The summed E-state index contributed by atoms with van der Waals surface area (Å²) in [7, 11) is -3.11. The van der Waals surface area contributed by atoms with Crippen molar-refractivity contribution in [2.45, 2.75) is 46.7 Å². The third-order valence-corrected chi connectivity index (χ3v) is 8.83. The normalized spacial score (nSPS) is 25.7. The molecule has 172 valence electrons. The van der Waals surface area contributed by atoms with E-state index in [-0.39, 0.29) is 45.2 Å². The minimum Gasteiger partial charge on any atom is -0.372 e. The molecular formula is C23H32Cl2N2O3S. The van der Waals surface area contributed by atoms with E-state index >= 15 is 0 Å². The van der Waals surface area contributed by atoms with Crippen LogP contribution in [-0.2, 0) is 21.2 Å². The number of hydrogen-bond acceptors (Lipinski definition) is 4. The van der Waals surface area contributed by atoms with Crippen LogP contribution in [0.5, 0.6) is 0 Å². The van der Waals surface area contributed by atoms with Crippen molar-refractivity contribution in [2.24, 2.45) is 17.3 Å². The average Bonchev–Trinajstić information content (AvgIpc) is 3.02. The molecule has 2 aliphatic rings. The highest BCUT2D eigenvalue weighted by Gasteiger charge is 2.62. The third-order valence-electron chi connectivity index (χ3n) is 6.83. The lowest BCUT2D eigenvalue weighted by Gasteiger charge is -2.29. The zero-order chi connectivity index (χ0) is 23.0. The highest BCUT2D eigenvalue weighted by atomic mass is 35.5. The molecule has 0 aromatic heterocycles. The van der Waals surface area contributed by atoms with Crippen LogP contribution in [0.25, 0.3) is 0 Å². The number of hydrogen-bond donors (Lipinski definition) is 0. The predicted octanol–water partition coefficient (Wildman–Crippen LogP) is 4.64. The summed E-state index contributed by atoms with van der Waals surface area (Å²) in [4.78, 5) is 17.6. The second-order valence-electron chi connectivity index (χ2n) is 9.14. The first kappa shape index (κ1) is 24.4. The molecule has 31 heavy (non-hydrogen) atoms. The Hall–Kier alpha value is -1.24. The molecule has 1 aromatic rings. The maximum atomic E-state index is 13.6. The van der Waals surface area contributed by atoms with Crippen LogP contribution in [0.4, 0.5) is 5.69 Å². The molecule has 1 heterocycles. The Morgan fingerprint density at radius 3 is 2.26 bits per heavy atom. The molecule has 3 atom stereocenters. The highest BCUT2D eigenvalue weighted by molar-refractivity contribution is 7.91. The zero-order valence-electron chi connectivity index (χ0n) is 18.6. The number of amides is 1. The number of sulfone groups is 1. The van der Waals surface area contributed by atoms with Gasteiger partial charge in [0.15, 0.2) is 9.84 Å². The molecule has 8 heteroatoms. The van der Waals surface area contributed by atoms with E-state index in [1.807, 2.05) is 26.0 Å². The molecule has 1 saturated heterocycles. The lowest BCUT2D eigenvalue weighted by atomic mass is 10.1. The number of halogens is 2. The Bertz CT molecular complexity index is 936. The van der Waals surface area contributed by atoms with Crippen molar-refractivity contribution < 1.29 is 13.2 Å². The molecule has 2 fully saturated rings. The number of rotatable bonds is 8. The Kier molecular flexibility index (Phi) is 7.34. The summed E-state index contributed by atoms with van der Waals surface area (Å²) in [6.07, 6.45) is 2.21. The Balaban J connectivity index is 1.84. The first-order chi connectivity index (χ1) is 14.5. The smallest absolute Gasteiger partial charge is 0.227 e. The van der Waals surface area contributed by atoms with Gasteiger partial charge in [-0.2, -0.15) is 0 Å². The predicted molar refractivity (Wildman–Crippen MR) is 128 cm³/mol. The summed E-state index contributed by atoms with van der Waals surface area (Å²) in [6.45, 7) is 10.5. The van der Waals surface area contributed by atoms with Gasteiger partial charge in [-0.05, 0) is 55.4 Å². The van der Waals surface area contributed by atoms with Gasteiger partial charge in [-0.15, -0.1) is 0 Å². The molecule has 0 N–H and O–H groups in total. The van der Waals surface area contributed by atoms with E-state index < -0.39 is 9.84 Å². The fraction of sp³-hybridized carbons (Fsp3) is 0.609. The third kappa shape index (κ3) is 5.40. The van der Waals surface area contributed by atoms with Crippen LogP contribution in [0.15, 0.2) is 34.8 Å². The number of anilines is 1. The minimum absolute atomic E-state index is 0.0178. The van der Waals surface area contributed by atoms with Gasteiger partial charge in [-0.25, -0.2) is 8.42 Å². The van der Waals surface area contributed by atoms with Crippen LogP contribution >= 0.6 is 23.2 Å². The lowest BCUT2D eigenvalue weighted by molar-refractivity contribution is -0.136. The monoisotopic (exact) mass is 486 g/mol. The maximum absolute atomic E-state index is 13.6. The van der Waals surface area contributed by atoms with Crippen LogP contribution < -0.4 is 4.90 Å². The van der Waals surface area contributed by atoms with Gasteiger partial charge < -0.3 is 9.80 Å². The Labute approximate surface area is 196 Å². The average molecular weight is 487 g/mol. The highest BCUT2D eigenvalue weighted by Crippen LogP contribution is 2.60. The number of carbonyl (C=O) groups excluding carboxylic acids is 1. The molecule has 1 aromatic carbocycles. The summed E-state index contributed by atoms with van der Waals surface area (Å²) in [5, 5.41) is 0. The topological polar surface area (TPSA) is 57.7 Å². The second kappa shape index (κ2) is 9.32. The molecular weight excluding hydrogens is 455 g/mol. The van der Waals surface area contributed by atoms with Gasteiger partial charge in [0.2, 0.25) is 5.91 Å². The van der Waals surface area contributed by atoms with E-state index in [0.29, 0.717) is 13.0 Å². The van der Waals surface area contributed by atoms with Gasteiger partial charge in [-0.1, -0.05) is 49.2 Å². The largest absolute Gasteiger partial charge is 0.372 e. The van der Waals surface area contributed by atoms with Crippen LogP contribution in [-0.4, -0.2) is 49.9 Å². The molecule has 1 saturated carbocycles. The van der Waals surface area contributed by atoms with Crippen molar-refractivity contribution in [3.8, 4) is 0 Å². The van der Waals surface area contributed by atoms with Crippen molar-refractivity contribution in [2.75, 3.05) is 29.5 Å². The second-order valence-corrected chi connectivity index (χ2v) is 12.4. The summed E-state index contributed by atoms with van der Waals surface area (Å²) < 4.78 is 24.4. The standard InChI is InChI=1S/C23H32Cl2N2O3S/c1-5-26(6-2)17-9-7-16(8-10-17)14-27(18-11-12-31(29,30)15-18)22(28)21-19(13-20(24)25)23(21,3)4/h7-10,13,18-19,21H,5-6,11-12,14-15H2,1-4H3. The molecule has 1 aliphatic heterocycles. The van der Waals surface area contributed by atoms with Crippen molar-refractivity contribution in [3.05, 3.63) is 40.4 Å². The number of allylic oxidation sites excluding steroid dienone is 1. The summed E-state index contributed by atoms with van der Waals surface area (Å²) in [5.74, 6) is -0.155. The maximum Gasteiger partial charge on any atom is 0.227 e. The van der Waals surface area contributed by atoms with Crippen LogP contribution in [0.1, 0.15) is 39.7 Å². The van der Waals surface area contributed by atoms with Crippen LogP contribution in [0, 0.1) is 17.3 Å². The summed E-state index contributed by atoms with van der Waals surface area (Å²) >= 11 is 11.7. The van der Waals surface area contributed by atoms with Crippen molar-refractivity contribution >= 4 is 44.6 Å². The van der Waals surface area contributed by atoms with Crippen molar-refractivity contribution in [1.82, 2.24) is 4.90 Å². The lowest BCUT2D eigenvalue weighted by Crippen LogP contribution is -2.42. The molecule has 0 bridgehead atoms. The fourth-order valence-electron chi connectivity index (χ4n) is 4.78. The van der Waals surface area contributed by atoms with Gasteiger partial charge in [0.05, 0.1) is 17.4 Å². The summed E-state index contributed by atoms with van der Waals surface area (Å²) in [5.41, 5.74) is 1.88. The molecule has 0 radical (unpaired) electrons. The van der Waals surface area contributed by atoms with E-state index in [9.17, 15) is 13.2 Å². The molecule has 1 aliphatic carbocycles. The van der Waals surface area contributed by atoms with Crippen molar-refractivity contribution in [1.29, 1.82) is 0 Å². The molecule has 1 amide bonds. The van der Waals surface area contributed by atoms with Crippen molar-refractivity contribution in [3.63, 3.8) is 0 Å². The van der Waals surface area contributed by atoms with Gasteiger partial charge in [0.1, 0.15) is 4.49 Å². The van der Waals surface area contributed by atoms with Gasteiger partial charge in [0, 0.05) is 31.4 Å². The first-order valence-corrected chi connectivity index (χ1v) is 13.5. The first-order valence-electron chi connectivity index (χ1n) is 10.9. The van der Waals surface area contributed by atoms with E-state index in [4.69, 9.17) is 23.2 Å². The molecule has 5 nitrogen and oxygen atoms in total. The molecule has 3 rings (SSSR count). The number of carbonyl (C=O) groups is 1. The van der Waals surface area contributed by atoms with E-state index in [1.54, 1.807) is 11.0 Å². The van der Waals surface area contributed by atoms with E-state index in [2.05, 4.69) is 30.9 Å². The number of benzene rings is 1. The van der Waals surface area contributed by atoms with Gasteiger partial charge in [0.25, 0.3) is 0 Å². The van der Waals surface area contributed by atoms with Crippen LogP contribution in [0.2, 0.25) is 0 Å². The fourth-order valence-corrected chi connectivity index (χ4v) is 6.78.